The zero-order valence-corrected chi connectivity index (χ0v) is 7.00. The zero-order chi connectivity index (χ0) is 8.27. The van der Waals surface area contributed by atoms with E-state index in [1.54, 1.807) is 0 Å². The summed E-state index contributed by atoms with van der Waals surface area (Å²) in [6.45, 7) is 1.98. The van der Waals surface area contributed by atoms with Crippen molar-refractivity contribution in [1.29, 1.82) is 0 Å². The summed E-state index contributed by atoms with van der Waals surface area (Å²) >= 11 is 0. The van der Waals surface area contributed by atoms with Crippen LogP contribution < -0.4 is 0 Å². The Bertz CT molecular complexity index is 144. The fourth-order valence-electron chi connectivity index (χ4n) is 1.31. The topological polar surface area (TPSA) is 35.5 Å². The van der Waals surface area contributed by atoms with Gasteiger partial charge in [0.05, 0.1) is 13.2 Å². The first kappa shape index (κ1) is 8.53. The lowest BCUT2D eigenvalue weighted by Crippen LogP contribution is -2.33. The molecule has 0 N–H and O–H groups in total. The van der Waals surface area contributed by atoms with Crippen molar-refractivity contribution >= 4 is 5.97 Å². The van der Waals surface area contributed by atoms with E-state index < -0.39 is 0 Å². The molecule has 2 atom stereocenters. The van der Waals surface area contributed by atoms with Crippen LogP contribution in [0.15, 0.2) is 0 Å². The molecule has 0 unspecified atom stereocenters. The molecule has 1 heterocycles. The van der Waals surface area contributed by atoms with E-state index in [2.05, 4.69) is 4.74 Å². The van der Waals surface area contributed by atoms with Crippen LogP contribution in [0, 0.1) is 0 Å². The van der Waals surface area contributed by atoms with Crippen LogP contribution in [-0.2, 0) is 14.3 Å². The second-order valence-corrected chi connectivity index (χ2v) is 2.89. The predicted molar refractivity (Wildman–Crippen MR) is 40.2 cm³/mol. The Morgan fingerprint density at radius 1 is 1.55 bits per heavy atom. The van der Waals surface area contributed by atoms with Gasteiger partial charge < -0.3 is 9.47 Å². The second kappa shape index (κ2) is 3.72. The highest BCUT2D eigenvalue weighted by atomic mass is 16.6. The predicted octanol–water partition coefficient (Wildman–Crippen LogP) is 1.12. The van der Waals surface area contributed by atoms with Crippen LogP contribution in [0.2, 0.25) is 0 Å². The van der Waals surface area contributed by atoms with Gasteiger partial charge in [-0.1, -0.05) is 0 Å². The van der Waals surface area contributed by atoms with Gasteiger partial charge in [0, 0.05) is 0 Å². The number of carbonyl (C=O) groups excluding carboxylic acids is 1. The van der Waals surface area contributed by atoms with Crippen LogP contribution >= 0.6 is 0 Å². The van der Waals surface area contributed by atoms with Crippen LogP contribution in [0.4, 0.5) is 0 Å². The number of rotatable bonds is 1. The Labute approximate surface area is 66.7 Å². The lowest BCUT2D eigenvalue weighted by Gasteiger charge is -2.25. The quantitative estimate of drug-likeness (QED) is 0.536. The maximum absolute atomic E-state index is 11.0. The molecule has 0 amide bonds. The summed E-state index contributed by atoms with van der Waals surface area (Å²) in [4.78, 5) is 11.0. The van der Waals surface area contributed by atoms with E-state index in [4.69, 9.17) is 4.74 Å². The lowest BCUT2D eigenvalue weighted by molar-refractivity contribution is -0.161. The molecular weight excluding hydrogens is 144 g/mol. The number of esters is 1. The van der Waals surface area contributed by atoms with Crippen molar-refractivity contribution in [2.75, 3.05) is 7.11 Å². The molecule has 0 bridgehead atoms. The summed E-state index contributed by atoms with van der Waals surface area (Å²) in [6.07, 6.45) is 2.79. The Morgan fingerprint density at radius 3 is 2.82 bits per heavy atom. The van der Waals surface area contributed by atoms with Crippen LogP contribution in [0.1, 0.15) is 26.2 Å². The first-order valence-electron chi connectivity index (χ1n) is 3.97. The van der Waals surface area contributed by atoms with Crippen molar-refractivity contribution in [1.82, 2.24) is 0 Å². The number of ether oxygens (including phenoxy) is 2. The lowest BCUT2D eigenvalue weighted by atomic mass is 10.1. The summed E-state index contributed by atoms with van der Waals surface area (Å²) in [7, 11) is 1.39. The highest BCUT2D eigenvalue weighted by Crippen LogP contribution is 2.18. The Balaban J connectivity index is 2.39. The van der Waals surface area contributed by atoms with Crippen LogP contribution in [0.5, 0.6) is 0 Å². The van der Waals surface area contributed by atoms with Gasteiger partial charge in [-0.2, -0.15) is 0 Å². The fourth-order valence-corrected chi connectivity index (χ4v) is 1.31. The SMILES string of the molecule is COC(=O)[C@H]1CCC[C@@H](C)O1. The van der Waals surface area contributed by atoms with Crippen LogP contribution in [0.25, 0.3) is 0 Å². The molecule has 0 aliphatic carbocycles. The smallest absolute Gasteiger partial charge is 0.334 e. The summed E-state index contributed by atoms with van der Waals surface area (Å²) in [5.41, 5.74) is 0. The van der Waals surface area contributed by atoms with Gasteiger partial charge >= 0.3 is 5.97 Å². The summed E-state index contributed by atoms with van der Waals surface area (Å²) in [5.74, 6) is -0.239. The van der Waals surface area contributed by atoms with Crippen molar-refractivity contribution in [3.8, 4) is 0 Å². The number of carbonyl (C=O) groups is 1. The minimum Gasteiger partial charge on any atom is -0.467 e. The third-order valence-corrected chi connectivity index (χ3v) is 1.94. The van der Waals surface area contributed by atoms with Crippen molar-refractivity contribution < 1.29 is 14.3 Å². The highest BCUT2D eigenvalue weighted by molar-refractivity contribution is 5.74. The number of methoxy groups -OCH3 is 1. The third kappa shape index (κ3) is 2.19. The van der Waals surface area contributed by atoms with Gasteiger partial charge in [-0.05, 0) is 26.2 Å². The van der Waals surface area contributed by atoms with Gasteiger partial charge in [0.2, 0.25) is 0 Å². The number of hydrogen-bond donors (Lipinski definition) is 0. The maximum atomic E-state index is 11.0. The van der Waals surface area contributed by atoms with Crippen molar-refractivity contribution in [2.24, 2.45) is 0 Å². The Hall–Kier alpha value is -0.570. The molecule has 0 radical (unpaired) electrons. The Morgan fingerprint density at radius 2 is 2.27 bits per heavy atom. The summed E-state index contributed by atoms with van der Waals surface area (Å²) < 4.78 is 9.94. The first-order valence-corrected chi connectivity index (χ1v) is 3.97. The average Bonchev–Trinajstić information content (AvgIpc) is 2.03. The van der Waals surface area contributed by atoms with Gasteiger partial charge in [-0.25, -0.2) is 4.79 Å². The maximum Gasteiger partial charge on any atom is 0.334 e. The van der Waals surface area contributed by atoms with Crippen LogP contribution in [-0.4, -0.2) is 25.3 Å². The molecule has 1 aliphatic rings. The van der Waals surface area contributed by atoms with Gasteiger partial charge in [-0.3, -0.25) is 0 Å². The van der Waals surface area contributed by atoms with Gasteiger partial charge in [0.15, 0.2) is 6.10 Å². The molecule has 0 spiro atoms. The normalized spacial score (nSPS) is 31.5. The molecule has 64 valence electrons. The van der Waals surface area contributed by atoms with E-state index >= 15 is 0 Å². The minimum atomic E-state index is -0.316. The molecular formula is C8H14O3. The molecule has 0 aromatic rings. The third-order valence-electron chi connectivity index (χ3n) is 1.94. The Kier molecular flexibility index (Phi) is 2.88. The molecule has 1 fully saturated rings. The molecule has 11 heavy (non-hydrogen) atoms. The molecule has 0 aromatic heterocycles. The molecule has 0 saturated carbocycles. The fraction of sp³-hybridized carbons (Fsp3) is 0.875. The van der Waals surface area contributed by atoms with Gasteiger partial charge in [-0.15, -0.1) is 0 Å². The number of hydrogen-bond acceptors (Lipinski definition) is 3. The van der Waals surface area contributed by atoms with E-state index in [9.17, 15) is 4.79 Å². The van der Waals surface area contributed by atoms with Gasteiger partial charge in [0.25, 0.3) is 0 Å². The highest BCUT2D eigenvalue weighted by Gasteiger charge is 2.25. The standard InChI is InChI=1S/C8H14O3/c1-6-4-3-5-7(11-6)8(9)10-2/h6-7H,3-5H2,1-2H3/t6-,7-/m1/s1. The second-order valence-electron chi connectivity index (χ2n) is 2.89. The molecule has 0 aromatic carbocycles. The van der Waals surface area contributed by atoms with Gasteiger partial charge in [0.1, 0.15) is 0 Å². The van der Waals surface area contributed by atoms with E-state index in [0.717, 1.165) is 19.3 Å². The minimum absolute atomic E-state index is 0.202. The van der Waals surface area contributed by atoms with E-state index in [1.165, 1.54) is 7.11 Å². The summed E-state index contributed by atoms with van der Waals surface area (Å²) in [5, 5.41) is 0. The summed E-state index contributed by atoms with van der Waals surface area (Å²) in [6, 6.07) is 0. The molecule has 1 saturated heterocycles. The zero-order valence-electron chi connectivity index (χ0n) is 7.00. The first-order chi connectivity index (χ1) is 5.24. The van der Waals surface area contributed by atoms with Crippen LogP contribution in [0.3, 0.4) is 0 Å². The average molecular weight is 158 g/mol. The van der Waals surface area contributed by atoms with E-state index in [-0.39, 0.29) is 18.2 Å². The molecule has 3 heteroatoms. The van der Waals surface area contributed by atoms with E-state index in [0.29, 0.717) is 0 Å². The molecule has 3 nitrogen and oxygen atoms in total. The monoisotopic (exact) mass is 158 g/mol. The van der Waals surface area contributed by atoms with E-state index in [1.807, 2.05) is 6.92 Å². The largest absolute Gasteiger partial charge is 0.467 e. The van der Waals surface area contributed by atoms with Crippen molar-refractivity contribution in [2.45, 2.75) is 38.4 Å². The molecule has 1 aliphatic heterocycles. The molecule has 1 rings (SSSR count). The van der Waals surface area contributed by atoms with Crippen molar-refractivity contribution in [3.05, 3.63) is 0 Å². The van der Waals surface area contributed by atoms with Crippen molar-refractivity contribution in [3.63, 3.8) is 0 Å².